The predicted molar refractivity (Wildman–Crippen MR) is 69.3 cm³/mol. The molecule has 134 valence electrons. The Bertz CT molecular complexity index is 561. The van der Waals surface area contributed by atoms with Gasteiger partial charge in [0.15, 0.2) is 6.61 Å². The Hall–Kier alpha value is -1.97. The van der Waals surface area contributed by atoms with Gasteiger partial charge in [-0.15, -0.1) is 0 Å². The summed E-state index contributed by atoms with van der Waals surface area (Å²) in [5, 5.41) is 0. The Morgan fingerprint density at radius 2 is 1.50 bits per heavy atom. The second-order valence-electron chi connectivity index (χ2n) is 5.02. The highest BCUT2D eigenvalue weighted by Crippen LogP contribution is 2.38. The molecule has 1 aromatic rings. The molecular weight excluding hydrogens is 344 g/mol. The van der Waals surface area contributed by atoms with E-state index in [0.717, 1.165) is 0 Å². The van der Waals surface area contributed by atoms with Crippen LogP contribution in [-0.2, 0) is 21.9 Å². The van der Waals surface area contributed by atoms with Crippen molar-refractivity contribution in [2.75, 3.05) is 32.9 Å². The summed E-state index contributed by atoms with van der Waals surface area (Å²) in [7, 11) is 0. The van der Waals surface area contributed by atoms with Crippen LogP contribution in [0.4, 0.5) is 26.3 Å². The normalized spacial score (nSPS) is 16.2. The average Bonchev–Trinajstić information content (AvgIpc) is 2.51. The van der Waals surface area contributed by atoms with Crippen LogP contribution in [0.3, 0.4) is 0 Å². The van der Waals surface area contributed by atoms with Crippen LogP contribution in [-0.4, -0.2) is 43.7 Å². The number of carbonyl (C=O) groups excluding carboxylic acids is 1. The summed E-state index contributed by atoms with van der Waals surface area (Å²) >= 11 is 0. The molecule has 0 bridgehead atoms. The van der Waals surface area contributed by atoms with Crippen molar-refractivity contribution in [1.29, 1.82) is 0 Å². The molecule has 24 heavy (non-hydrogen) atoms. The molecule has 0 aliphatic carbocycles. The van der Waals surface area contributed by atoms with E-state index in [-0.39, 0.29) is 6.07 Å². The second-order valence-corrected chi connectivity index (χ2v) is 5.02. The van der Waals surface area contributed by atoms with Gasteiger partial charge < -0.3 is 14.4 Å². The van der Waals surface area contributed by atoms with Crippen molar-refractivity contribution < 1.29 is 40.6 Å². The number of halogens is 6. The first-order valence-corrected chi connectivity index (χ1v) is 6.85. The van der Waals surface area contributed by atoms with Crippen LogP contribution in [0.2, 0.25) is 0 Å². The smallest absolute Gasteiger partial charge is 0.416 e. The van der Waals surface area contributed by atoms with Crippen molar-refractivity contribution >= 4 is 5.91 Å². The number of morpholine rings is 1. The average molecular weight is 357 g/mol. The molecule has 4 nitrogen and oxygen atoms in total. The van der Waals surface area contributed by atoms with Crippen LogP contribution >= 0.6 is 0 Å². The molecule has 0 saturated carbocycles. The molecule has 1 heterocycles. The van der Waals surface area contributed by atoms with Gasteiger partial charge in [0.1, 0.15) is 5.75 Å². The monoisotopic (exact) mass is 357 g/mol. The lowest BCUT2D eigenvalue weighted by atomic mass is 10.1. The molecule has 1 aromatic carbocycles. The van der Waals surface area contributed by atoms with Gasteiger partial charge in [0.25, 0.3) is 5.91 Å². The molecule has 1 aliphatic rings. The molecule has 10 heteroatoms. The maximum Gasteiger partial charge on any atom is 0.416 e. The minimum atomic E-state index is -4.96. The van der Waals surface area contributed by atoms with Crippen molar-refractivity contribution in [3.8, 4) is 5.75 Å². The number of rotatable bonds is 3. The Morgan fingerprint density at radius 1 is 1.00 bits per heavy atom. The maximum absolute atomic E-state index is 12.7. The lowest BCUT2D eigenvalue weighted by Gasteiger charge is -2.26. The number of alkyl halides is 6. The van der Waals surface area contributed by atoms with E-state index in [1.807, 2.05) is 0 Å². The number of carbonyl (C=O) groups is 1. The Morgan fingerprint density at radius 3 is 1.96 bits per heavy atom. The van der Waals surface area contributed by atoms with Gasteiger partial charge in [0.05, 0.1) is 24.3 Å². The van der Waals surface area contributed by atoms with Gasteiger partial charge in [-0.05, 0) is 18.2 Å². The Balaban J connectivity index is 2.15. The number of hydrogen-bond donors (Lipinski definition) is 0. The molecular formula is C14H13F6NO3. The van der Waals surface area contributed by atoms with Gasteiger partial charge in [-0.25, -0.2) is 0 Å². The van der Waals surface area contributed by atoms with E-state index < -0.39 is 41.7 Å². The first kappa shape index (κ1) is 18.4. The summed E-state index contributed by atoms with van der Waals surface area (Å²) in [5.74, 6) is -1.21. The molecule has 1 amide bonds. The number of amides is 1. The van der Waals surface area contributed by atoms with Crippen LogP contribution in [0.15, 0.2) is 18.2 Å². The lowest BCUT2D eigenvalue weighted by Crippen LogP contribution is -2.43. The molecule has 1 fully saturated rings. The first-order valence-electron chi connectivity index (χ1n) is 6.85. The fourth-order valence-electron chi connectivity index (χ4n) is 2.06. The van der Waals surface area contributed by atoms with Crippen molar-refractivity contribution in [1.82, 2.24) is 4.90 Å². The molecule has 0 spiro atoms. The van der Waals surface area contributed by atoms with Gasteiger partial charge in [-0.1, -0.05) is 0 Å². The molecule has 0 atom stereocenters. The zero-order valence-electron chi connectivity index (χ0n) is 12.2. The third-order valence-corrected chi connectivity index (χ3v) is 3.29. The third-order valence-electron chi connectivity index (χ3n) is 3.29. The van der Waals surface area contributed by atoms with Gasteiger partial charge in [-0.2, -0.15) is 26.3 Å². The first-order chi connectivity index (χ1) is 11.1. The molecule has 0 unspecified atom stereocenters. The molecule has 2 rings (SSSR count). The lowest BCUT2D eigenvalue weighted by molar-refractivity contribution is -0.143. The number of ether oxygens (including phenoxy) is 2. The highest BCUT2D eigenvalue weighted by molar-refractivity contribution is 5.77. The standard InChI is InChI=1S/C14H13F6NO3/c15-13(16,17)9-5-10(14(18,19)20)7-11(6-9)24-8-12(22)21-1-3-23-4-2-21/h5-7H,1-4,8H2. The summed E-state index contributed by atoms with van der Waals surface area (Å²) in [5.41, 5.74) is -2.99. The van der Waals surface area contributed by atoms with Crippen molar-refractivity contribution in [3.63, 3.8) is 0 Å². The zero-order valence-corrected chi connectivity index (χ0v) is 12.2. The fraction of sp³-hybridized carbons (Fsp3) is 0.500. The van der Waals surface area contributed by atoms with E-state index in [2.05, 4.69) is 0 Å². The zero-order chi connectivity index (χ0) is 18.0. The SMILES string of the molecule is O=C(COc1cc(C(F)(F)F)cc(C(F)(F)F)c1)N1CCOCC1. The van der Waals surface area contributed by atoms with Crippen LogP contribution in [0.5, 0.6) is 5.75 Å². The van der Waals surface area contributed by atoms with Crippen LogP contribution in [0, 0.1) is 0 Å². The molecule has 1 aliphatic heterocycles. The Kier molecular flexibility index (Phi) is 5.26. The van der Waals surface area contributed by atoms with Crippen molar-refractivity contribution in [2.45, 2.75) is 12.4 Å². The van der Waals surface area contributed by atoms with E-state index in [1.54, 1.807) is 0 Å². The van der Waals surface area contributed by atoms with E-state index >= 15 is 0 Å². The molecule has 0 aromatic heterocycles. The Labute approximate surface area is 132 Å². The van der Waals surface area contributed by atoms with Gasteiger partial charge >= 0.3 is 12.4 Å². The third kappa shape index (κ3) is 4.76. The maximum atomic E-state index is 12.7. The van der Waals surface area contributed by atoms with Gasteiger partial charge in [0.2, 0.25) is 0 Å². The molecule has 0 N–H and O–H groups in total. The van der Waals surface area contributed by atoms with E-state index in [0.29, 0.717) is 38.4 Å². The number of benzene rings is 1. The topological polar surface area (TPSA) is 38.8 Å². The minimum Gasteiger partial charge on any atom is -0.484 e. The molecule has 0 radical (unpaired) electrons. The van der Waals surface area contributed by atoms with E-state index in [1.165, 1.54) is 4.90 Å². The number of nitrogens with zero attached hydrogens (tertiary/aromatic N) is 1. The largest absolute Gasteiger partial charge is 0.484 e. The summed E-state index contributed by atoms with van der Waals surface area (Å²) in [6.07, 6.45) is -9.93. The van der Waals surface area contributed by atoms with Crippen LogP contribution < -0.4 is 4.74 Å². The molecule has 1 saturated heterocycles. The van der Waals surface area contributed by atoms with Crippen LogP contribution in [0.1, 0.15) is 11.1 Å². The van der Waals surface area contributed by atoms with E-state index in [9.17, 15) is 31.1 Å². The summed E-state index contributed by atoms with van der Waals surface area (Å²) in [6.45, 7) is 0.552. The van der Waals surface area contributed by atoms with Crippen molar-refractivity contribution in [3.05, 3.63) is 29.3 Å². The van der Waals surface area contributed by atoms with Gasteiger partial charge in [-0.3, -0.25) is 4.79 Å². The fourth-order valence-corrected chi connectivity index (χ4v) is 2.06. The predicted octanol–water partition coefficient (Wildman–Crippen LogP) is 2.96. The van der Waals surface area contributed by atoms with Crippen molar-refractivity contribution in [2.24, 2.45) is 0 Å². The number of hydrogen-bond acceptors (Lipinski definition) is 3. The highest BCUT2D eigenvalue weighted by atomic mass is 19.4. The van der Waals surface area contributed by atoms with Gasteiger partial charge in [0, 0.05) is 13.1 Å². The highest BCUT2D eigenvalue weighted by Gasteiger charge is 2.37. The van der Waals surface area contributed by atoms with Crippen LogP contribution in [0.25, 0.3) is 0 Å². The quantitative estimate of drug-likeness (QED) is 0.781. The summed E-state index contributed by atoms with van der Waals surface area (Å²) in [6, 6.07) is 0.861. The van der Waals surface area contributed by atoms with E-state index in [4.69, 9.17) is 9.47 Å². The summed E-state index contributed by atoms with van der Waals surface area (Å²) < 4.78 is 86.2. The minimum absolute atomic E-state index is 0.00332. The summed E-state index contributed by atoms with van der Waals surface area (Å²) in [4.78, 5) is 13.2. The second kappa shape index (κ2) is 6.88.